The molecule has 0 spiro atoms. The fraction of sp³-hybridized carbons (Fsp3) is 0.111. The summed E-state index contributed by atoms with van der Waals surface area (Å²) in [5.41, 5.74) is 4.23. The van der Waals surface area contributed by atoms with Crippen molar-refractivity contribution in [3.63, 3.8) is 0 Å². The van der Waals surface area contributed by atoms with E-state index in [-0.39, 0.29) is 0 Å². The Labute approximate surface area is 121 Å². The van der Waals surface area contributed by atoms with Crippen LogP contribution in [0.3, 0.4) is 0 Å². The van der Waals surface area contributed by atoms with E-state index in [4.69, 9.17) is 0 Å². The molecule has 0 heterocycles. The Bertz CT molecular complexity index is 862. The van der Waals surface area contributed by atoms with Gasteiger partial charge in [-0.1, -0.05) is 60.1 Å². The summed E-state index contributed by atoms with van der Waals surface area (Å²) < 4.78 is 0. The molecular formula is C18H16B2. The zero-order chi connectivity index (χ0) is 13.7. The zero-order valence-corrected chi connectivity index (χ0v) is 12.0. The molecule has 1 unspecified atom stereocenters. The lowest BCUT2D eigenvalue weighted by Gasteiger charge is -2.18. The molecule has 3 aromatic carbocycles. The topological polar surface area (TPSA) is 0 Å². The van der Waals surface area contributed by atoms with Gasteiger partial charge >= 0.3 is 0 Å². The molecule has 4 rings (SSSR count). The monoisotopic (exact) mass is 254 g/mol. The zero-order valence-electron chi connectivity index (χ0n) is 12.0. The largest absolute Gasteiger partial charge is 0.139 e. The summed E-state index contributed by atoms with van der Waals surface area (Å²) in [7, 11) is 4.44. The highest BCUT2D eigenvalue weighted by Crippen LogP contribution is 2.34. The molecule has 0 saturated heterocycles. The smallest absolute Gasteiger partial charge is 0.0884 e. The van der Waals surface area contributed by atoms with E-state index in [1.54, 1.807) is 0 Å². The van der Waals surface area contributed by atoms with E-state index in [1.165, 1.54) is 38.1 Å². The van der Waals surface area contributed by atoms with Gasteiger partial charge in [-0.15, -0.1) is 0 Å². The van der Waals surface area contributed by atoms with Crippen molar-refractivity contribution in [3.05, 3.63) is 59.7 Å². The summed E-state index contributed by atoms with van der Waals surface area (Å²) in [5.74, 6) is 0.656. The predicted octanol–water partition coefficient (Wildman–Crippen LogP) is 2.24. The van der Waals surface area contributed by atoms with Crippen LogP contribution in [0.2, 0.25) is 5.82 Å². The minimum atomic E-state index is 0.656. The molecule has 0 nitrogen and oxygen atoms in total. The van der Waals surface area contributed by atoms with Crippen LogP contribution in [0.25, 0.3) is 27.6 Å². The Hall–Kier alpha value is -1.95. The van der Waals surface area contributed by atoms with Gasteiger partial charge in [0.15, 0.2) is 0 Å². The van der Waals surface area contributed by atoms with Crippen molar-refractivity contribution in [3.8, 4) is 0 Å². The molecule has 0 radical (unpaired) electrons. The minimum Gasteiger partial charge on any atom is -0.0884 e. The Balaban J connectivity index is 2.10. The molecule has 94 valence electrons. The summed E-state index contributed by atoms with van der Waals surface area (Å²) in [6.45, 7) is 0. The number of hydrogen-bond acceptors (Lipinski definition) is 0. The van der Waals surface area contributed by atoms with Gasteiger partial charge in [0.25, 0.3) is 0 Å². The first-order chi connectivity index (χ1) is 9.72. The third-order valence-corrected chi connectivity index (χ3v) is 4.44. The van der Waals surface area contributed by atoms with E-state index < -0.39 is 0 Å². The van der Waals surface area contributed by atoms with Gasteiger partial charge in [0.05, 0.1) is 0 Å². The fourth-order valence-electron chi connectivity index (χ4n) is 3.38. The summed E-state index contributed by atoms with van der Waals surface area (Å²) in [5, 5.41) is 5.47. The first-order valence-electron chi connectivity index (χ1n) is 7.35. The number of benzene rings is 3. The quantitative estimate of drug-likeness (QED) is 0.426. The molecule has 0 bridgehead atoms. The maximum Gasteiger partial charge on any atom is 0.139 e. The van der Waals surface area contributed by atoms with E-state index in [0.29, 0.717) is 5.82 Å². The van der Waals surface area contributed by atoms with Gasteiger partial charge in [0, 0.05) is 0 Å². The third-order valence-electron chi connectivity index (χ3n) is 4.44. The third kappa shape index (κ3) is 1.71. The van der Waals surface area contributed by atoms with Crippen LogP contribution in [0.4, 0.5) is 0 Å². The van der Waals surface area contributed by atoms with Crippen LogP contribution in [0.1, 0.15) is 11.1 Å². The van der Waals surface area contributed by atoms with E-state index >= 15 is 0 Å². The van der Waals surface area contributed by atoms with Crippen LogP contribution >= 0.6 is 0 Å². The first-order valence-corrected chi connectivity index (χ1v) is 7.35. The summed E-state index contributed by atoms with van der Waals surface area (Å²) in [4.78, 5) is 0. The van der Waals surface area contributed by atoms with Crippen molar-refractivity contribution in [1.82, 2.24) is 0 Å². The van der Waals surface area contributed by atoms with Crippen molar-refractivity contribution in [2.24, 2.45) is 0 Å². The van der Waals surface area contributed by atoms with Gasteiger partial charge in [-0.2, -0.15) is 0 Å². The van der Waals surface area contributed by atoms with Crippen LogP contribution in [-0.4, -0.2) is 15.7 Å². The Kier molecular flexibility index (Phi) is 2.53. The number of fused-ring (bicyclic) bond motifs is 5. The molecule has 0 saturated carbocycles. The van der Waals surface area contributed by atoms with Crippen molar-refractivity contribution in [2.45, 2.75) is 12.2 Å². The standard InChI is InChI=1S/C18H16B2/c19-13-3-7-15-11(9-13)1-5-17-16-8-4-14(20)10-12(16)2-6-18(15)17/h1-9,14H,10,19-20H2. The SMILES string of the molecule is Bc1ccc2c(ccc3c4c(ccc32)CC(B)C=C4)c1. The molecule has 1 aliphatic carbocycles. The molecule has 1 atom stereocenters. The van der Waals surface area contributed by atoms with Gasteiger partial charge < -0.3 is 0 Å². The highest BCUT2D eigenvalue weighted by Gasteiger charge is 2.13. The van der Waals surface area contributed by atoms with Gasteiger partial charge in [0.2, 0.25) is 0 Å². The van der Waals surface area contributed by atoms with Crippen LogP contribution in [0, 0.1) is 0 Å². The second kappa shape index (κ2) is 4.28. The molecule has 3 aromatic rings. The molecule has 20 heavy (non-hydrogen) atoms. The molecule has 0 aliphatic heterocycles. The van der Waals surface area contributed by atoms with Gasteiger partial charge in [0.1, 0.15) is 15.7 Å². The van der Waals surface area contributed by atoms with Crippen LogP contribution < -0.4 is 5.46 Å². The number of hydrogen-bond donors (Lipinski definition) is 0. The van der Waals surface area contributed by atoms with E-state index in [0.717, 1.165) is 6.42 Å². The average molecular weight is 254 g/mol. The first kappa shape index (κ1) is 11.8. The van der Waals surface area contributed by atoms with Gasteiger partial charge in [-0.25, -0.2) is 0 Å². The van der Waals surface area contributed by atoms with E-state index in [2.05, 4.69) is 70.3 Å². The molecule has 0 amide bonds. The maximum absolute atomic E-state index is 2.33. The molecule has 1 aliphatic rings. The van der Waals surface area contributed by atoms with E-state index in [9.17, 15) is 0 Å². The Morgan fingerprint density at radius 1 is 0.900 bits per heavy atom. The highest BCUT2D eigenvalue weighted by atomic mass is 14.2. The van der Waals surface area contributed by atoms with Crippen molar-refractivity contribution < 1.29 is 0 Å². The van der Waals surface area contributed by atoms with Crippen molar-refractivity contribution >= 4 is 48.8 Å². The molecule has 2 heteroatoms. The lowest BCUT2D eigenvalue weighted by atomic mass is 9.76. The van der Waals surface area contributed by atoms with Crippen LogP contribution in [0.5, 0.6) is 0 Å². The molecule has 0 N–H and O–H groups in total. The lowest BCUT2D eigenvalue weighted by Crippen LogP contribution is -2.03. The Morgan fingerprint density at radius 2 is 1.70 bits per heavy atom. The normalized spacial score (nSPS) is 17.5. The lowest BCUT2D eigenvalue weighted by molar-refractivity contribution is 0.983. The average Bonchev–Trinajstić information content (AvgIpc) is 2.45. The fourth-order valence-corrected chi connectivity index (χ4v) is 3.38. The van der Waals surface area contributed by atoms with Crippen LogP contribution in [-0.2, 0) is 6.42 Å². The molecule has 0 aromatic heterocycles. The number of allylic oxidation sites excluding steroid dienone is 1. The highest BCUT2D eigenvalue weighted by molar-refractivity contribution is 6.33. The summed E-state index contributed by atoms with van der Waals surface area (Å²) in [6, 6.07) is 15.9. The Morgan fingerprint density at radius 3 is 2.60 bits per heavy atom. The second-order valence-corrected chi connectivity index (χ2v) is 6.06. The van der Waals surface area contributed by atoms with Crippen LogP contribution in [0.15, 0.2) is 48.5 Å². The maximum atomic E-state index is 2.33. The van der Waals surface area contributed by atoms with Gasteiger partial charge in [-0.3, -0.25) is 0 Å². The minimum absolute atomic E-state index is 0.656. The van der Waals surface area contributed by atoms with Gasteiger partial charge in [-0.05, 0) is 44.9 Å². The summed E-state index contributed by atoms with van der Waals surface area (Å²) in [6.07, 6.45) is 5.81. The summed E-state index contributed by atoms with van der Waals surface area (Å²) >= 11 is 0. The second-order valence-electron chi connectivity index (χ2n) is 6.06. The molecule has 0 fully saturated rings. The van der Waals surface area contributed by atoms with Crippen molar-refractivity contribution in [1.29, 1.82) is 0 Å². The van der Waals surface area contributed by atoms with Crippen molar-refractivity contribution in [2.75, 3.05) is 0 Å². The predicted molar refractivity (Wildman–Crippen MR) is 94.7 cm³/mol. The molecular weight excluding hydrogens is 238 g/mol. The number of rotatable bonds is 0. The van der Waals surface area contributed by atoms with E-state index in [1.807, 2.05) is 0 Å².